The molecule has 1 amide bonds. The average molecular weight is 412 g/mol. The summed E-state index contributed by atoms with van der Waals surface area (Å²) in [5, 5.41) is 18.7. The van der Waals surface area contributed by atoms with E-state index in [9.17, 15) is 14.7 Å². The monoisotopic (exact) mass is 412 g/mol. The highest BCUT2D eigenvalue weighted by atomic mass is 32.2. The lowest BCUT2D eigenvalue weighted by Gasteiger charge is -2.15. The number of carbonyl (C=O) groups excluding carboxylic acids is 2. The van der Waals surface area contributed by atoms with Gasteiger partial charge in [-0.2, -0.15) is 5.10 Å². The summed E-state index contributed by atoms with van der Waals surface area (Å²) in [6.45, 7) is 0. The zero-order chi connectivity index (χ0) is 20.8. The molecule has 1 aliphatic rings. The third-order valence-electron chi connectivity index (χ3n) is 4.08. The van der Waals surface area contributed by atoms with Crippen LogP contribution in [0.3, 0.4) is 0 Å². The van der Waals surface area contributed by atoms with Crippen LogP contribution in [0.15, 0.2) is 58.7 Å². The minimum Gasteiger partial charge on any atom is -0.550 e. The molecule has 29 heavy (non-hydrogen) atoms. The Morgan fingerprint density at radius 3 is 2.62 bits per heavy atom. The standard InChI is InChI=1S/C20H19N3O5S/c1-27-15-9-8-13(16(10-15)28-2)12-21-22-20-23(14-6-4-3-5-7-14)19(26)17(29-20)11-18(24)25/h3-10,12,17H,11H2,1-2H3,(H,24,25)/p-1. The van der Waals surface area contributed by atoms with Gasteiger partial charge in [-0.05, 0) is 24.3 Å². The normalized spacial score (nSPS) is 17.9. The van der Waals surface area contributed by atoms with Crippen LogP contribution in [0.25, 0.3) is 0 Å². The maximum Gasteiger partial charge on any atom is 0.247 e. The van der Waals surface area contributed by atoms with Crippen LogP contribution >= 0.6 is 11.8 Å². The first-order valence-electron chi connectivity index (χ1n) is 8.62. The summed E-state index contributed by atoms with van der Waals surface area (Å²) in [5.74, 6) is -0.473. The molecule has 2 aromatic carbocycles. The fourth-order valence-corrected chi connectivity index (χ4v) is 3.77. The van der Waals surface area contributed by atoms with Crippen LogP contribution in [0.1, 0.15) is 12.0 Å². The summed E-state index contributed by atoms with van der Waals surface area (Å²) in [7, 11) is 3.09. The van der Waals surface area contributed by atoms with Crippen molar-refractivity contribution in [1.29, 1.82) is 0 Å². The predicted molar refractivity (Wildman–Crippen MR) is 110 cm³/mol. The van der Waals surface area contributed by atoms with Gasteiger partial charge in [-0.15, -0.1) is 5.10 Å². The van der Waals surface area contributed by atoms with E-state index in [0.717, 1.165) is 11.8 Å². The van der Waals surface area contributed by atoms with Gasteiger partial charge < -0.3 is 19.4 Å². The molecule has 0 bridgehead atoms. The molecule has 0 aromatic heterocycles. The summed E-state index contributed by atoms with van der Waals surface area (Å²) in [6, 6.07) is 14.1. The summed E-state index contributed by atoms with van der Waals surface area (Å²) < 4.78 is 10.5. The maximum absolute atomic E-state index is 12.7. The number of anilines is 1. The van der Waals surface area contributed by atoms with Gasteiger partial charge in [-0.25, -0.2) is 0 Å². The van der Waals surface area contributed by atoms with E-state index in [4.69, 9.17) is 9.47 Å². The molecule has 0 aliphatic carbocycles. The van der Waals surface area contributed by atoms with Gasteiger partial charge in [0.25, 0.3) is 0 Å². The molecule has 1 atom stereocenters. The first-order chi connectivity index (χ1) is 14.0. The number of nitrogens with zero attached hydrogens (tertiary/aromatic N) is 3. The first kappa shape index (κ1) is 20.4. The molecular formula is C20H18N3O5S-. The zero-order valence-corrected chi connectivity index (χ0v) is 16.6. The number of amidine groups is 1. The molecule has 8 nitrogen and oxygen atoms in total. The fraction of sp³-hybridized carbons (Fsp3) is 0.200. The minimum atomic E-state index is -1.29. The minimum absolute atomic E-state index is 0.288. The van der Waals surface area contributed by atoms with Crippen molar-refractivity contribution in [2.24, 2.45) is 10.2 Å². The highest BCUT2D eigenvalue weighted by Crippen LogP contribution is 2.33. The highest BCUT2D eigenvalue weighted by molar-refractivity contribution is 8.16. The molecule has 0 radical (unpaired) electrons. The molecule has 1 heterocycles. The molecule has 1 unspecified atom stereocenters. The Hall–Kier alpha value is -3.33. The van der Waals surface area contributed by atoms with E-state index in [1.54, 1.807) is 49.6 Å². The first-order valence-corrected chi connectivity index (χ1v) is 9.50. The van der Waals surface area contributed by atoms with Gasteiger partial charge >= 0.3 is 0 Å². The summed E-state index contributed by atoms with van der Waals surface area (Å²) in [5.41, 5.74) is 1.26. The van der Waals surface area contributed by atoms with E-state index >= 15 is 0 Å². The van der Waals surface area contributed by atoms with Crippen molar-refractivity contribution in [3.8, 4) is 11.5 Å². The second-order valence-electron chi connectivity index (χ2n) is 5.93. The van der Waals surface area contributed by atoms with Gasteiger partial charge in [0.05, 0.1) is 31.4 Å². The van der Waals surface area contributed by atoms with Gasteiger partial charge in [0.1, 0.15) is 11.5 Å². The molecule has 1 fully saturated rings. The molecule has 0 saturated carbocycles. The van der Waals surface area contributed by atoms with Gasteiger partial charge in [0, 0.05) is 24.0 Å². The molecule has 2 aromatic rings. The van der Waals surface area contributed by atoms with Crippen molar-refractivity contribution >= 4 is 40.7 Å². The number of ether oxygens (including phenoxy) is 2. The molecule has 150 valence electrons. The summed E-state index contributed by atoms with van der Waals surface area (Å²) in [6.07, 6.45) is 1.09. The molecule has 9 heteroatoms. The van der Waals surface area contributed by atoms with Crippen molar-refractivity contribution in [2.75, 3.05) is 19.1 Å². The summed E-state index contributed by atoms with van der Waals surface area (Å²) in [4.78, 5) is 25.0. The van der Waals surface area contributed by atoms with Crippen LogP contribution in [0.2, 0.25) is 0 Å². The molecule has 3 rings (SSSR count). The van der Waals surface area contributed by atoms with Crippen LogP contribution in [0.5, 0.6) is 11.5 Å². The number of hydrogen-bond donors (Lipinski definition) is 0. The van der Waals surface area contributed by atoms with Gasteiger partial charge in [-0.3, -0.25) is 9.69 Å². The third-order valence-corrected chi connectivity index (χ3v) is 5.21. The number of hydrogen-bond acceptors (Lipinski definition) is 8. The number of methoxy groups -OCH3 is 2. The number of amides is 1. The second-order valence-corrected chi connectivity index (χ2v) is 7.10. The Morgan fingerprint density at radius 2 is 1.97 bits per heavy atom. The molecule has 1 saturated heterocycles. The van der Waals surface area contributed by atoms with E-state index in [2.05, 4.69) is 10.2 Å². The predicted octanol–water partition coefficient (Wildman–Crippen LogP) is 1.68. The number of aliphatic carboxylic acids is 1. The number of benzene rings is 2. The van der Waals surface area contributed by atoms with E-state index < -0.39 is 17.6 Å². The Balaban J connectivity index is 1.90. The largest absolute Gasteiger partial charge is 0.550 e. The van der Waals surface area contributed by atoms with Crippen molar-refractivity contribution in [3.05, 3.63) is 54.1 Å². The average Bonchev–Trinajstić information content (AvgIpc) is 3.03. The lowest BCUT2D eigenvalue weighted by Crippen LogP contribution is -2.35. The zero-order valence-electron chi connectivity index (χ0n) is 15.8. The van der Waals surface area contributed by atoms with Crippen molar-refractivity contribution in [3.63, 3.8) is 0 Å². The van der Waals surface area contributed by atoms with Crippen LogP contribution in [-0.2, 0) is 9.59 Å². The highest BCUT2D eigenvalue weighted by Gasteiger charge is 2.39. The molecule has 0 spiro atoms. The number of carboxylic acids is 1. The van der Waals surface area contributed by atoms with Crippen LogP contribution in [0, 0.1) is 0 Å². The van der Waals surface area contributed by atoms with E-state index in [1.165, 1.54) is 18.2 Å². The van der Waals surface area contributed by atoms with E-state index in [1.807, 2.05) is 6.07 Å². The number of carbonyl (C=O) groups is 2. The lowest BCUT2D eigenvalue weighted by molar-refractivity contribution is -0.305. The molecule has 0 N–H and O–H groups in total. The second kappa shape index (κ2) is 9.24. The SMILES string of the molecule is COc1ccc(C=NN=C2SC(CC(=O)[O-])C(=O)N2c2ccccc2)c(OC)c1. The Kier molecular flexibility index (Phi) is 6.50. The third kappa shape index (κ3) is 4.75. The van der Waals surface area contributed by atoms with Crippen molar-refractivity contribution in [2.45, 2.75) is 11.7 Å². The number of rotatable bonds is 7. The van der Waals surface area contributed by atoms with Gasteiger partial charge in [0.15, 0.2) is 5.17 Å². The van der Waals surface area contributed by atoms with Crippen molar-refractivity contribution < 1.29 is 24.2 Å². The number of para-hydroxylation sites is 1. The summed E-state index contributed by atoms with van der Waals surface area (Å²) >= 11 is 1.04. The fourth-order valence-electron chi connectivity index (χ4n) is 2.70. The van der Waals surface area contributed by atoms with Crippen molar-refractivity contribution in [1.82, 2.24) is 0 Å². The smallest absolute Gasteiger partial charge is 0.247 e. The molecular weight excluding hydrogens is 394 g/mol. The van der Waals surface area contributed by atoms with Crippen LogP contribution in [-0.4, -0.2) is 42.7 Å². The Labute approximate surface area is 171 Å². The van der Waals surface area contributed by atoms with E-state index in [-0.39, 0.29) is 11.1 Å². The quantitative estimate of drug-likeness (QED) is 0.506. The Morgan fingerprint density at radius 1 is 1.21 bits per heavy atom. The Bertz CT molecular complexity index is 962. The number of carboxylic acid groups (broad SMARTS) is 1. The van der Waals surface area contributed by atoms with E-state index in [0.29, 0.717) is 22.7 Å². The maximum atomic E-state index is 12.7. The van der Waals surface area contributed by atoms with Gasteiger partial charge in [-0.1, -0.05) is 30.0 Å². The van der Waals surface area contributed by atoms with Gasteiger partial charge in [0.2, 0.25) is 5.91 Å². The lowest BCUT2D eigenvalue weighted by atomic mass is 10.2. The topological polar surface area (TPSA) is 104 Å². The van der Waals surface area contributed by atoms with Crippen LogP contribution in [0.4, 0.5) is 5.69 Å². The number of thioether (sulfide) groups is 1. The van der Waals surface area contributed by atoms with Crippen LogP contribution < -0.4 is 19.5 Å². The molecule has 1 aliphatic heterocycles.